The molecule has 2 aromatic carbocycles. The first-order chi connectivity index (χ1) is 10.7. The Bertz CT molecular complexity index is 631. The molecule has 22 heavy (non-hydrogen) atoms. The van der Waals surface area contributed by atoms with E-state index in [1.165, 1.54) is 0 Å². The van der Waals surface area contributed by atoms with Gasteiger partial charge in [0.1, 0.15) is 5.75 Å². The van der Waals surface area contributed by atoms with Crippen molar-refractivity contribution >= 4 is 17.2 Å². The molecule has 0 saturated heterocycles. The predicted molar refractivity (Wildman–Crippen MR) is 87.2 cm³/mol. The maximum atomic E-state index is 12.2. The van der Waals surface area contributed by atoms with E-state index in [4.69, 9.17) is 4.74 Å². The van der Waals surface area contributed by atoms with Gasteiger partial charge < -0.3 is 9.64 Å². The third-order valence-electron chi connectivity index (χ3n) is 3.29. The number of para-hydroxylation sites is 1. The summed E-state index contributed by atoms with van der Waals surface area (Å²) in [5.41, 5.74) is 0.933. The molecule has 0 aliphatic rings. The van der Waals surface area contributed by atoms with Crippen LogP contribution >= 0.6 is 0 Å². The maximum Gasteiger partial charge on any atom is 0.210 e. The Labute approximate surface area is 133 Å². The van der Waals surface area contributed by atoms with Crippen molar-refractivity contribution < 1.29 is 13.7 Å². The van der Waals surface area contributed by atoms with Crippen molar-refractivity contribution in [3.05, 3.63) is 60.2 Å². The van der Waals surface area contributed by atoms with Gasteiger partial charge in [-0.3, -0.25) is 9.00 Å². The van der Waals surface area contributed by atoms with Gasteiger partial charge in [-0.1, -0.05) is 36.4 Å². The highest BCUT2D eigenvalue weighted by atomic mass is 32.2. The molecule has 4 nitrogen and oxygen atoms in total. The standard InChI is InChI=1S/C17H19NO3S/c1-21-17-10-6-5-7-15(17)13-18(14-19)11-12-22(20)16-8-3-2-4-9-16/h2-10,14H,11-13H2,1H3. The van der Waals surface area contributed by atoms with E-state index < -0.39 is 10.8 Å². The number of rotatable bonds is 8. The molecule has 0 heterocycles. The molecule has 0 radical (unpaired) electrons. The molecule has 0 saturated carbocycles. The molecule has 0 fully saturated rings. The van der Waals surface area contributed by atoms with Crippen LogP contribution in [0.25, 0.3) is 0 Å². The molecule has 5 heteroatoms. The molecule has 1 unspecified atom stereocenters. The first-order valence-corrected chi connectivity index (χ1v) is 8.31. The Balaban J connectivity index is 1.95. The molecule has 0 aliphatic carbocycles. The summed E-state index contributed by atoms with van der Waals surface area (Å²) in [5.74, 6) is 1.16. The van der Waals surface area contributed by atoms with E-state index in [1.54, 1.807) is 12.0 Å². The van der Waals surface area contributed by atoms with Crippen LogP contribution in [0.4, 0.5) is 0 Å². The van der Waals surface area contributed by atoms with Gasteiger partial charge in [0.05, 0.1) is 17.9 Å². The summed E-state index contributed by atoms with van der Waals surface area (Å²) in [6.45, 7) is 0.878. The van der Waals surface area contributed by atoms with Crippen molar-refractivity contribution in [1.29, 1.82) is 0 Å². The number of carbonyl (C=O) groups excluding carboxylic acids is 1. The Hall–Kier alpha value is -2.14. The van der Waals surface area contributed by atoms with Gasteiger partial charge in [-0.25, -0.2) is 0 Å². The maximum absolute atomic E-state index is 12.2. The number of benzene rings is 2. The summed E-state index contributed by atoms with van der Waals surface area (Å²) >= 11 is 0. The van der Waals surface area contributed by atoms with E-state index >= 15 is 0 Å². The van der Waals surface area contributed by atoms with Gasteiger partial charge in [-0.05, 0) is 18.2 Å². The van der Waals surface area contributed by atoms with Gasteiger partial charge in [0, 0.05) is 29.3 Å². The van der Waals surface area contributed by atoms with E-state index in [0.717, 1.165) is 22.6 Å². The number of nitrogens with zero attached hydrogens (tertiary/aromatic N) is 1. The van der Waals surface area contributed by atoms with E-state index in [9.17, 15) is 9.00 Å². The van der Waals surface area contributed by atoms with Gasteiger partial charge in [-0.15, -0.1) is 0 Å². The van der Waals surface area contributed by atoms with E-state index in [2.05, 4.69) is 0 Å². The molecule has 116 valence electrons. The van der Waals surface area contributed by atoms with Crippen molar-refractivity contribution in [2.45, 2.75) is 11.4 Å². The summed E-state index contributed by atoms with van der Waals surface area (Å²) in [7, 11) is 0.503. The summed E-state index contributed by atoms with van der Waals surface area (Å²) in [6, 6.07) is 16.9. The average Bonchev–Trinajstić information content (AvgIpc) is 2.59. The molecule has 0 N–H and O–H groups in total. The van der Waals surface area contributed by atoms with Crippen LogP contribution in [0.1, 0.15) is 5.56 Å². The minimum atomic E-state index is -1.10. The van der Waals surface area contributed by atoms with Crippen molar-refractivity contribution in [1.82, 2.24) is 4.90 Å². The topological polar surface area (TPSA) is 46.6 Å². The van der Waals surface area contributed by atoms with Crippen LogP contribution in [0.3, 0.4) is 0 Å². The lowest BCUT2D eigenvalue weighted by Crippen LogP contribution is -2.26. The highest BCUT2D eigenvalue weighted by Crippen LogP contribution is 2.18. The quantitative estimate of drug-likeness (QED) is 0.703. The molecule has 1 atom stereocenters. The van der Waals surface area contributed by atoms with Gasteiger partial charge in [0.2, 0.25) is 6.41 Å². The smallest absolute Gasteiger partial charge is 0.210 e. The second-order valence-corrected chi connectivity index (χ2v) is 6.32. The lowest BCUT2D eigenvalue weighted by atomic mass is 10.2. The Morgan fingerprint density at radius 1 is 1.09 bits per heavy atom. The Morgan fingerprint density at radius 2 is 1.77 bits per heavy atom. The lowest BCUT2D eigenvalue weighted by molar-refractivity contribution is -0.118. The SMILES string of the molecule is COc1ccccc1CN(C=O)CCS(=O)c1ccccc1. The zero-order chi connectivity index (χ0) is 15.8. The first kappa shape index (κ1) is 16.2. The molecule has 0 spiro atoms. The van der Waals surface area contributed by atoms with Crippen LogP contribution in [0, 0.1) is 0 Å². The number of ether oxygens (including phenoxy) is 1. The molecule has 1 amide bonds. The van der Waals surface area contributed by atoms with Crippen LogP contribution in [0.5, 0.6) is 5.75 Å². The zero-order valence-electron chi connectivity index (χ0n) is 12.5. The van der Waals surface area contributed by atoms with Gasteiger partial charge >= 0.3 is 0 Å². The number of carbonyl (C=O) groups is 1. The first-order valence-electron chi connectivity index (χ1n) is 6.99. The second kappa shape index (κ2) is 8.34. The number of hydrogen-bond donors (Lipinski definition) is 0. The molecule has 2 aromatic rings. The van der Waals surface area contributed by atoms with E-state index in [1.807, 2.05) is 54.6 Å². The number of hydrogen-bond acceptors (Lipinski definition) is 3. The van der Waals surface area contributed by atoms with Gasteiger partial charge in [0.25, 0.3) is 0 Å². The highest BCUT2D eigenvalue weighted by Gasteiger charge is 2.10. The van der Waals surface area contributed by atoms with Crippen molar-refractivity contribution in [3.8, 4) is 5.75 Å². The van der Waals surface area contributed by atoms with Gasteiger partial charge in [0.15, 0.2) is 0 Å². The number of amides is 1. The third kappa shape index (κ3) is 4.43. The summed E-state index contributed by atoms with van der Waals surface area (Å²) < 4.78 is 17.5. The summed E-state index contributed by atoms with van der Waals surface area (Å²) in [4.78, 5) is 13.6. The minimum Gasteiger partial charge on any atom is -0.496 e. The van der Waals surface area contributed by atoms with E-state index in [-0.39, 0.29) is 0 Å². The molecule has 0 aliphatic heterocycles. The monoisotopic (exact) mass is 317 g/mol. The van der Waals surface area contributed by atoms with Crippen LogP contribution in [-0.4, -0.2) is 34.9 Å². The third-order valence-corrected chi connectivity index (χ3v) is 4.64. The van der Waals surface area contributed by atoms with Crippen molar-refractivity contribution in [2.75, 3.05) is 19.4 Å². The largest absolute Gasteiger partial charge is 0.496 e. The fourth-order valence-electron chi connectivity index (χ4n) is 2.11. The lowest BCUT2D eigenvalue weighted by Gasteiger charge is -2.18. The minimum absolute atomic E-state index is 0.415. The Kier molecular flexibility index (Phi) is 6.15. The molecular formula is C17H19NO3S. The van der Waals surface area contributed by atoms with E-state index in [0.29, 0.717) is 18.8 Å². The average molecular weight is 317 g/mol. The van der Waals surface area contributed by atoms with Crippen LogP contribution in [0.2, 0.25) is 0 Å². The fourth-order valence-corrected chi connectivity index (χ4v) is 3.21. The van der Waals surface area contributed by atoms with Crippen molar-refractivity contribution in [2.24, 2.45) is 0 Å². The highest BCUT2D eigenvalue weighted by molar-refractivity contribution is 7.85. The second-order valence-electron chi connectivity index (χ2n) is 4.75. The molecule has 2 rings (SSSR count). The summed E-state index contributed by atoms with van der Waals surface area (Å²) in [5, 5.41) is 0. The van der Waals surface area contributed by atoms with Crippen LogP contribution in [0.15, 0.2) is 59.5 Å². The molecular weight excluding hydrogens is 298 g/mol. The summed E-state index contributed by atoms with van der Waals surface area (Å²) in [6.07, 6.45) is 0.786. The fraction of sp³-hybridized carbons (Fsp3) is 0.235. The van der Waals surface area contributed by atoms with Crippen molar-refractivity contribution in [3.63, 3.8) is 0 Å². The predicted octanol–water partition coefficient (Wildman–Crippen LogP) is 2.46. The van der Waals surface area contributed by atoms with Crippen LogP contribution < -0.4 is 4.74 Å². The number of methoxy groups -OCH3 is 1. The zero-order valence-corrected chi connectivity index (χ0v) is 13.3. The van der Waals surface area contributed by atoms with Crippen LogP contribution in [-0.2, 0) is 22.1 Å². The molecule has 0 aromatic heterocycles. The Morgan fingerprint density at radius 3 is 2.45 bits per heavy atom. The molecule has 0 bridgehead atoms. The van der Waals surface area contributed by atoms with Gasteiger partial charge in [-0.2, -0.15) is 0 Å². The normalized spacial score (nSPS) is 11.7.